The van der Waals surface area contributed by atoms with Crippen molar-refractivity contribution in [2.24, 2.45) is 5.73 Å². The predicted octanol–water partition coefficient (Wildman–Crippen LogP) is -0.256. The van der Waals surface area contributed by atoms with Gasteiger partial charge in [-0.2, -0.15) is 0 Å². The zero-order valence-electron chi connectivity index (χ0n) is 9.11. The fraction of sp³-hybridized carbons (Fsp3) is 0.778. The average molecular weight is 202 g/mol. The molecule has 14 heavy (non-hydrogen) atoms. The van der Waals surface area contributed by atoms with E-state index in [0.717, 1.165) is 0 Å². The molecule has 0 aliphatic rings. The minimum absolute atomic E-state index is 0.0471. The highest BCUT2D eigenvalue weighted by atomic mass is 16.5. The first-order chi connectivity index (χ1) is 6.40. The summed E-state index contributed by atoms with van der Waals surface area (Å²) in [5.74, 6) is -0.682. The molecule has 0 aromatic carbocycles. The Morgan fingerprint density at radius 2 is 1.86 bits per heavy atom. The van der Waals surface area contributed by atoms with Crippen LogP contribution in [0, 0.1) is 0 Å². The van der Waals surface area contributed by atoms with Crippen molar-refractivity contribution in [3.05, 3.63) is 0 Å². The highest BCUT2D eigenvalue weighted by Gasteiger charge is 2.22. The van der Waals surface area contributed by atoms with Crippen LogP contribution in [0.5, 0.6) is 0 Å². The van der Waals surface area contributed by atoms with Crippen LogP contribution in [0.3, 0.4) is 0 Å². The minimum atomic E-state index is -0.595. The molecule has 1 atom stereocenters. The largest absolute Gasteiger partial charge is 0.468 e. The molecule has 0 saturated carbocycles. The molecule has 5 heteroatoms. The van der Waals surface area contributed by atoms with Gasteiger partial charge in [-0.15, -0.1) is 0 Å². The Hall–Kier alpha value is -1.10. The van der Waals surface area contributed by atoms with Gasteiger partial charge in [-0.05, 0) is 20.8 Å². The molecule has 0 saturated heterocycles. The summed E-state index contributed by atoms with van der Waals surface area (Å²) in [6.45, 7) is 5.19. The second-order valence-electron chi connectivity index (χ2n) is 3.42. The van der Waals surface area contributed by atoms with E-state index in [1.807, 2.05) is 13.8 Å². The number of hydrogen-bond acceptors (Lipinski definition) is 4. The molecular weight excluding hydrogens is 184 g/mol. The van der Waals surface area contributed by atoms with Crippen LogP contribution in [0.25, 0.3) is 0 Å². The second kappa shape index (κ2) is 5.59. The molecule has 0 aliphatic heterocycles. The van der Waals surface area contributed by atoms with E-state index in [0.29, 0.717) is 0 Å². The highest BCUT2D eigenvalue weighted by molar-refractivity contribution is 5.85. The molecule has 0 bridgehead atoms. The lowest BCUT2D eigenvalue weighted by Gasteiger charge is -2.26. The van der Waals surface area contributed by atoms with E-state index in [1.165, 1.54) is 12.0 Å². The highest BCUT2D eigenvalue weighted by Crippen LogP contribution is 2.01. The van der Waals surface area contributed by atoms with Gasteiger partial charge in [0.1, 0.15) is 6.54 Å². The maximum atomic E-state index is 11.5. The van der Waals surface area contributed by atoms with Gasteiger partial charge in [0.25, 0.3) is 0 Å². The summed E-state index contributed by atoms with van der Waals surface area (Å²) in [6, 6.07) is -0.658. The number of nitrogens with zero attached hydrogens (tertiary/aromatic N) is 1. The van der Waals surface area contributed by atoms with Crippen LogP contribution in [0.15, 0.2) is 0 Å². The van der Waals surface area contributed by atoms with Gasteiger partial charge in [-0.25, -0.2) is 0 Å². The Bertz CT molecular complexity index is 214. The lowest BCUT2D eigenvalue weighted by atomic mass is 10.2. The molecule has 0 aromatic heterocycles. The number of methoxy groups -OCH3 is 1. The first-order valence-electron chi connectivity index (χ1n) is 4.53. The monoisotopic (exact) mass is 202 g/mol. The van der Waals surface area contributed by atoms with Crippen LogP contribution >= 0.6 is 0 Å². The van der Waals surface area contributed by atoms with Crippen molar-refractivity contribution in [2.45, 2.75) is 32.9 Å². The predicted molar refractivity (Wildman–Crippen MR) is 52.5 cm³/mol. The Labute approximate surface area is 84.2 Å². The topological polar surface area (TPSA) is 72.6 Å². The third-order valence-corrected chi connectivity index (χ3v) is 1.82. The van der Waals surface area contributed by atoms with Gasteiger partial charge in [0.05, 0.1) is 13.2 Å². The molecular formula is C9H18N2O3. The van der Waals surface area contributed by atoms with E-state index in [4.69, 9.17) is 5.73 Å². The van der Waals surface area contributed by atoms with Gasteiger partial charge in [-0.1, -0.05) is 0 Å². The van der Waals surface area contributed by atoms with E-state index in [2.05, 4.69) is 4.74 Å². The Balaban J connectivity index is 4.45. The third kappa shape index (κ3) is 3.74. The molecule has 2 N–H and O–H groups in total. The number of hydrogen-bond donors (Lipinski definition) is 1. The van der Waals surface area contributed by atoms with E-state index >= 15 is 0 Å². The van der Waals surface area contributed by atoms with Gasteiger partial charge < -0.3 is 15.4 Å². The van der Waals surface area contributed by atoms with Crippen molar-refractivity contribution in [3.8, 4) is 0 Å². The maximum absolute atomic E-state index is 11.5. The summed E-state index contributed by atoms with van der Waals surface area (Å²) >= 11 is 0. The van der Waals surface area contributed by atoms with Gasteiger partial charge in [-0.3, -0.25) is 9.59 Å². The van der Waals surface area contributed by atoms with Gasteiger partial charge >= 0.3 is 5.97 Å². The second-order valence-corrected chi connectivity index (χ2v) is 3.42. The first kappa shape index (κ1) is 12.9. The molecule has 0 unspecified atom stereocenters. The SMILES string of the molecule is COC(=O)CN(C(=O)[C@H](C)N)C(C)C. The quantitative estimate of drug-likeness (QED) is 0.638. The van der Waals surface area contributed by atoms with Crippen molar-refractivity contribution in [3.63, 3.8) is 0 Å². The van der Waals surface area contributed by atoms with E-state index in [1.54, 1.807) is 6.92 Å². The average Bonchev–Trinajstić information content (AvgIpc) is 2.11. The van der Waals surface area contributed by atoms with Crippen molar-refractivity contribution >= 4 is 11.9 Å². The molecule has 0 heterocycles. The number of nitrogens with two attached hydrogens (primary N) is 1. The summed E-state index contributed by atoms with van der Waals surface area (Å²) in [4.78, 5) is 23.9. The van der Waals surface area contributed by atoms with Crippen molar-refractivity contribution in [1.82, 2.24) is 4.90 Å². The lowest BCUT2D eigenvalue weighted by Crippen LogP contribution is -2.48. The van der Waals surface area contributed by atoms with Crippen molar-refractivity contribution in [2.75, 3.05) is 13.7 Å². The van der Waals surface area contributed by atoms with Crippen molar-refractivity contribution in [1.29, 1.82) is 0 Å². The first-order valence-corrected chi connectivity index (χ1v) is 4.53. The molecule has 0 aliphatic carbocycles. The van der Waals surface area contributed by atoms with E-state index in [-0.39, 0.29) is 18.5 Å². The molecule has 0 fully saturated rings. The Morgan fingerprint density at radius 1 is 1.36 bits per heavy atom. The summed E-state index contributed by atoms with van der Waals surface area (Å²) in [6.07, 6.45) is 0. The summed E-state index contributed by atoms with van der Waals surface area (Å²) < 4.78 is 4.49. The lowest BCUT2D eigenvalue weighted by molar-refractivity contribution is -0.148. The zero-order chi connectivity index (χ0) is 11.3. The van der Waals surface area contributed by atoms with Crippen LogP contribution < -0.4 is 5.73 Å². The molecule has 0 rings (SSSR count). The standard InChI is InChI=1S/C9H18N2O3/c1-6(2)11(5-8(12)14-4)9(13)7(3)10/h6-7H,5,10H2,1-4H3/t7-/m0/s1. The molecule has 0 aromatic rings. The normalized spacial score (nSPS) is 12.4. The summed E-state index contributed by atoms with van der Waals surface area (Å²) in [5.41, 5.74) is 5.45. The fourth-order valence-electron chi connectivity index (χ4n) is 0.980. The van der Waals surface area contributed by atoms with Gasteiger partial charge in [0, 0.05) is 6.04 Å². The van der Waals surface area contributed by atoms with Gasteiger partial charge in [0.2, 0.25) is 5.91 Å². The number of carbonyl (C=O) groups is 2. The van der Waals surface area contributed by atoms with Crippen LogP contribution in [0.2, 0.25) is 0 Å². The molecule has 82 valence electrons. The van der Waals surface area contributed by atoms with E-state index < -0.39 is 12.0 Å². The van der Waals surface area contributed by atoms with Crippen LogP contribution in [0.4, 0.5) is 0 Å². The van der Waals surface area contributed by atoms with Crippen LogP contribution in [0.1, 0.15) is 20.8 Å². The molecule has 0 spiro atoms. The fourth-order valence-corrected chi connectivity index (χ4v) is 0.980. The molecule has 0 radical (unpaired) electrons. The molecule has 1 amide bonds. The summed E-state index contributed by atoms with van der Waals surface area (Å²) in [7, 11) is 1.29. The van der Waals surface area contributed by atoms with Crippen molar-refractivity contribution < 1.29 is 14.3 Å². The third-order valence-electron chi connectivity index (χ3n) is 1.82. The number of amides is 1. The smallest absolute Gasteiger partial charge is 0.325 e. The summed E-state index contributed by atoms with van der Waals surface area (Å²) in [5, 5.41) is 0. The number of rotatable bonds is 4. The maximum Gasteiger partial charge on any atom is 0.325 e. The number of carbonyl (C=O) groups excluding carboxylic acids is 2. The molecule has 5 nitrogen and oxygen atoms in total. The minimum Gasteiger partial charge on any atom is -0.468 e. The number of esters is 1. The van der Waals surface area contributed by atoms with Crippen LogP contribution in [-0.4, -0.2) is 42.5 Å². The number of ether oxygens (including phenoxy) is 1. The van der Waals surface area contributed by atoms with Gasteiger partial charge in [0.15, 0.2) is 0 Å². The Kier molecular flexibility index (Phi) is 5.15. The van der Waals surface area contributed by atoms with E-state index in [9.17, 15) is 9.59 Å². The Morgan fingerprint density at radius 3 is 2.14 bits per heavy atom. The zero-order valence-corrected chi connectivity index (χ0v) is 9.11. The van der Waals surface area contributed by atoms with Crippen LogP contribution in [-0.2, 0) is 14.3 Å².